The van der Waals surface area contributed by atoms with Gasteiger partial charge in [-0.2, -0.15) is 11.8 Å². The van der Waals surface area contributed by atoms with Crippen LogP contribution in [0.15, 0.2) is 24.3 Å². The lowest BCUT2D eigenvalue weighted by atomic mass is 10.2. The van der Waals surface area contributed by atoms with Crippen LogP contribution < -0.4 is 10.1 Å². The van der Waals surface area contributed by atoms with Gasteiger partial charge in [0.2, 0.25) is 5.91 Å². The molecule has 0 aromatic heterocycles. The van der Waals surface area contributed by atoms with Crippen LogP contribution in [0, 0.1) is 0 Å². The molecule has 1 aromatic carbocycles. The molecule has 1 rings (SSSR count). The maximum absolute atomic E-state index is 11.5. The molecular formula is C14H21NO2S. The molecule has 100 valence electrons. The average molecular weight is 267 g/mol. The summed E-state index contributed by atoms with van der Waals surface area (Å²) in [6, 6.07) is 7.83. The Balaban J connectivity index is 2.44. The van der Waals surface area contributed by atoms with Crippen LogP contribution in [0.1, 0.15) is 26.3 Å². The second-order valence-corrected chi connectivity index (χ2v) is 5.50. The molecule has 1 aromatic rings. The lowest BCUT2D eigenvalue weighted by Gasteiger charge is -2.11. The summed E-state index contributed by atoms with van der Waals surface area (Å²) in [6.07, 6.45) is 0.163. The van der Waals surface area contributed by atoms with Gasteiger partial charge >= 0.3 is 0 Å². The number of rotatable bonds is 7. The predicted molar refractivity (Wildman–Crippen MR) is 77.1 cm³/mol. The summed E-state index contributed by atoms with van der Waals surface area (Å²) >= 11 is 1.63. The van der Waals surface area contributed by atoms with Crippen molar-refractivity contribution in [2.45, 2.75) is 33.4 Å². The maximum Gasteiger partial charge on any atom is 0.230 e. The lowest BCUT2D eigenvalue weighted by Crippen LogP contribution is -2.24. The number of ether oxygens (including phenoxy) is 1. The summed E-state index contributed by atoms with van der Waals surface area (Å²) in [5, 5.41) is 2.90. The Labute approximate surface area is 113 Å². The van der Waals surface area contributed by atoms with Crippen LogP contribution in [-0.4, -0.2) is 23.5 Å². The van der Waals surface area contributed by atoms with E-state index in [0.717, 1.165) is 17.1 Å². The number of hydrogen-bond acceptors (Lipinski definition) is 3. The molecule has 0 aliphatic carbocycles. The van der Waals surface area contributed by atoms with E-state index >= 15 is 0 Å². The Bertz CT molecular complexity index is 380. The zero-order chi connectivity index (χ0) is 13.4. The molecule has 0 heterocycles. The van der Waals surface area contributed by atoms with E-state index in [4.69, 9.17) is 4.74 Å². The van der Waals surface area contributed by atoms with Gasteiger partial charge in [0.15, 0.2) is 0 Å². The molecule has 0 atom stereocenters. The molecule has 0 radical (unpaired) electrons. The van der Waals surface area contributed by atoms with E-state index in [9.17, 15) is 4.79 Å². The van der Waals surface area contributed by atoms with Crippen molar-refractivity contribution >= 4 is 17.7 Å². The minimum absolute atomic E-state index is 0.0806. The van der Waals surface area contributed by atoms with Gasteiger partial charge < -0.3 is 10.1 Å². The summed E-state index contributed by atoms with van der Waals surface area (Å²) < 4.78 is 5.61. The topological polar surface area (TPSA) is 38.3 Å². The fourth-order valence-corrected chi connectivity index (χ4v) is 1.94. The highest BCUT2D eigenvalue weighted by atomic mass is 32.2. The first-order valence-corrected chi connectivity index (χ1v) is 7.37. The van der Waals surface area contributed by atoms with Crippen molar-refractivity contribution in [3.8, 4) is 5.75 Å². The van der Waals surface area contributed by atoms with E-state index in [1.807, 2.05) is 45.0 Å². The van der Waals surface area contributed by atoms with Gasteiger partial charge in [-0.1, -0.05) is 19.1 Å². The first-order valence-electron chi connectivity index (χ1n) is 6.22. The number of nitrogens with one attached hydrogen (secondary N) is 1. The molecule has 0 saturated carbocycles. The Morgan fingerprint density at radius 1 is 1.44 bits per heavy atom. The van der Waals surface area contributed by atoms with E-state index in [1.54, 1.807) is 11.8 Å². The largest absolute Gasteiger partial charge is 0.491 e. The van der Waals surface area contributed by atoms with Crippen molar-refractivity contribution in [3.05, 3.63) is 29.8 Å². The van der Waals surface area contributed by atoms with E-state index < -0.39 is 0 Å². The fourth-order valence-electron chi connectivity index (χ4n) is 1.45. The van der Waals surface area contributed by atoms with Crippen LogP contribution in [0.5, 0.6) is 5.75 Å². The number of hydrogen-bond donors (Lipinski definition) is 1. The molecule has 1 amide bonds. The minimum atomic E-state index is 0.0806. The van der Waals surface area contributed by atoms with Crippen LogP contribution in [0.4, 0.5) is 0 Å². The van der Waals surface area contributed by atoms with Crippen LogP contribution >= 0.6 is 11.8 Å². The SMILES string of the molecule is CCSCC(=O)NCc1cccc(OC(C)C)c1. The van der Waals surface area contributed by atoms with Crippen molar-refractivity contribution in [2.24, 2.45) is 0 Å². The molecule has 0 fully saturated rings. The monoisotopic (exact) mass is 267 g/mol. The zero-order valence-electron chi connectivity index (χ0n) is 11.2. The molecule has 1 N–H and O–H groups in total. The highest BCUT2D eigenvalue weighted by Gasteiger charge is 2.02. The van der Waals surface area contributed by atoms with Crippen molar-refractivity contribution in [1.29, 1.82) is 0 Å². The van der Waals surface area contributed by atoms with Crippen molar-refractivity contribution in [3.63, 3.8) is 0 Å². The van der Waals surface area contributed by atoms with Gasteiger partial charge in [0.25, 0.3) is 0 Å². The standard InChI is InChI=1S/C14H21NO2S/c1-4-18-10-14(16)15-9-12-6-5-7-13(8-12)17-11(2)3/h5-8,11H,4,9-10H2,1-3H3,(H,15,16). The normalized spacial score (nSPS) is 10.4. The number of benzene rings is 1. The molecular weight excluding hydrogens is 246 g/mol. The Kier molecular flexibility index (Phi) is 6.65. The van der Waals surface area contributed by atoms with E-state index in [2.05, 4.69) is 5.32 Å². The van der Waals surface area contributed by atoms with Gasteiger partial charge in [-0.15, -0.1) is 0 Å². The Morgan fingerprint density at radius 3 is 2.89 bits per heavy atom. The van der Waals surface area contributed by atoms with Gasteiger partial charge in [-0.3, -0.25) is 4.79 Å². The molecule has 0 bridgehead atoms. The molecule has 0 aliphatic rings. The van der Waals surface area contributed by atoms with Crippen molar-refractivity contribution < 1.29 is 9.53 Å². The second kappa shape index (κ2) is 8.03. The smallest absolute Gasteiger partial charge is 0.230 e. The number of amides is 1. The molecule has 4 heteroatoms. The first kappa shape index (κ1) is 14.9. The molecule has 18 heavy (non-hydrogen) atoms. The molecule has 3 nitrogen and oxygen atoms in total. The molecule has 0 saturated heterocycles. The van der Waals surface area contributed by atoms with Crippen LogP contribution in [-0.2, 0) is 11.3 Å². The summed E-state index contributed by atoms with van der Waals surface area (Å²) in [4.78, 5) is 11.5. The molecule has 0 spiro atoms. The highest BCUT2D eigenvalue weighted by Crippen LogP contribution is 2.14. The summed E-state index contributed by atoms with van der Waals surface area (Å²) in [6.45, 7) is 6.59. The van der Waals surface area contributed by atoms with E-state index in [1.165, 1.54) is 0 Å². The minimum Gasteiger partial charge on any atom is -0.491 e. The number of thioether (sulfide) groups is 1. The van der Waals surface area contributed by atoms with Gasteiger partial charge in [-0.05, 0) is 37.3 Å². The molecule has 0 aliphatic heterocycles. The van der Waals surface area contributed by atoms with Crippen LogP contribution in [0.2, 0.25) is 0 Å². The number of carbonyl (C=O) groups is 1. The summed E-state index contributed by atoms with van der Waals surface area (Å²) in [7, 11) is 0. The maximum atomic E-state index is 11.5. The highest BCUT2D eigenvalue weighted by molar-refractivity contribution is 7.99. The van der Waals surface area contributed by atoms with E-state index in [-0.39, 0.29) is 12.0 Å². The zero-order valence-corrected chi connectivity index (χ0v) is 12.0. The van der Waals surface area contributed by atoms with Gasteiger partial charge in [-0.25, -0.2) is 0 Å². The van der Waals surface area contributed by atoms with Crippen LogP contribution in [0.25, 0.3) is 0 Å². The van der Waals surface area contributed by atoms with Crippen molar-refractivity contribution in [2.75, 3.05) is 11.5 Å². The van der Waals surface area contributed by atoms with Gasteiger partial charge in [0, 0.05) is 6.54 Å². The fraction of sp³-hybridized carbons (Fsp3) is 0.500. The third kappa shape index (κ3) is 5.96. The predicted octanol–water partition coefficient (Wildman–Crippen LogP) is 2.84. The summed E-state index contributed by atoms with van der Waals surface area (Å²) in [5.74, 6) is 2.42. The van der Waals surface area contributed by atoms with Crippen LogP contribution in [0.3, 0.4) is 0 Å². The van der Waals surface area contributed by atoms with E-state index in [0.29, 0.717) is 12.3 Å². The Hall–Kier alpha value is -1.16. The second-order valence-electron chi connectivity index (χ2n) is 4.23. The third-order valence-electron chi connectivity index (χ3n) is 2.20. The Morgan fingerprint density at radius 2 is 2.22 bits per heavy atom. The third-order valence-corrected chi connectivity index (χ3v) is 3.07. The quantitative estimate of drug-likeness (QED) is 0.825. The summed E-state index contributed by atoms with van der Waals surface area (Å²) in [5.41, 5.74) is 1.06. The van der Waals surface area contributed by atoms with Gasteiger partial charge in [0.1, 0.15) is 5.75 Å². The number of carbonyl (C=O) groups excluding carboxylic acids is 1. The van der Waals surface area contributed by atoms with Crippen molar-refractivity contribution in [1.82, 2.24) is 5.32 Å². The lowest BCUT2D eigenvalue weighted by molar-refractivity contribution is -0.118. The first-order chi connectivity index (χ1) is 8.61. The van der Waals surface area contributed by atoms with Gasteiger partial charge in [0.05, 0.1) is 11.9 Å². The average Bonchev–Trinajstić information content (AvgIpc) is 2.33. The molecule has 0 unspecified atom stereocenters.